The van der Waals surface area contributed by atoms with E-state index in [4.69, 9.17) is 0 Å². The molecule has 1 aliphatic carbocycles. The molecule has 0 bridgehead atoms. The van der Waals surface area contributed by atoms with Crippen LogP contribution in [0.4, 0.5) is 4.79 Å². The second-order valence-corrected chi connectivity index (χ2v) is 2.75. The lowest BCUT2D eigenvalue weighted by Gasteiger charge is -2.39. The molecule has 1 saturated heterocycles. The number of rotatable bonds is 0. The van der Waals surface area contributed by atoms with Crippen molar-refractivity contribution in [2.45, 2.75) is 18.9 Å². The molecule has 2 N–H and O–H groups in total. The second kappa shape index (κ2) is 1.71. The van der Waals surface area contributed by atoms with Crippen LogP contribution in [0.2, 0.25) is 0 Å². The molecule has 0 radical (unpaired) electrons. The smallest absolute Gasteiger partial charge is 0.321 e. The molecule has 3 amide bonds. The van der Waals surface area contributed by atoms with Crippen LogP contribution >= 0.6 is 0 Å². The Bertz CT molecular complexity index is 202. The molecule has 10 heavy (non-hydrogen) atoms. The topological polar surface area (TPSA) is 58.2 Å². The molecule has 1 aliphatic heterocycles. The van der Waals surface area contributed by atoms with Crippen LogP contribution < -0.4 is 10.6 Å². The quantitative estimate of drug-likeness (QED) is 0.481. The first-order chi connectivity index (χ1) is 4.77. The maximum Gasteiger partial charge on any atom is 0.321 e. The Labute approximate surface area is 58.0 Å². The summed E-state index contributed by atoms with van der Waals surface area (Å²) in [5.41, 5.74) is 0. The maximum absolute atomic E-state index is 10.9. The summed E-state index contributed by atoms with van der Waals surface area (Å²) in [5, 5.41) is 4.90. The van der Waals surface area contributed by atoms with Gasteiger partial charge in [-0.25, -0.2) is 4.79 Å². The largest absolute Gasteiger partial charge is 0.334 e. The molecule has 54 valence electrons. The first kappa shape index (κ1) is 5.70. The lowest BCUT2D eigenvalue weighted by molar-refractivity contribution is -0.128. The predicted octanol–water partition coefficient (Wildman–Crippen LogP) is -0.396. The van der Waals surface area contributed by atoms with Crippen molar-refractivity contribution in [1.82, 2.24) is 10.6 Å². The molecule has 2 atom stereocenters. The highest BCUT2D eigenvalue weighted by molar-refractivity contribution is 5.99. The number of carbonyl (C=O) groups is 2. The van der Waals surface area contributed by atoms with E-state index in [1.165, 1.54) is 0 Å². The number of hydrogen-bond donors (Lipinski definition) is 2. The van der Waals surface area contributed by atoms with Gasteiger partial charge in [0.2, 0.25) is 5.91 Å². The lowest BCUT2D eigenvalue weighted by Crippen LogP contribution is -2.62. The Balaban J connectivity index is 2.13. The Morgan fingerprint density at radius 2 is 2.10 bits per heavy atom. The molecule has 0 unspecified atom stereocenters. The van der Waals surface area contributed by atoms with Gasteiger partial charge in [0.15, 0.2) is 0 Å². The number of carbonyl (C=O) groups excluding carboxylic acids is 2. The van der Waals surface area contributed by atoms with Crippen LogP contribution in [-0.4, -0.2) is 18.0 Å². The molecule has 0 aromatic rings. The van der Waals surface area contributed by atoms with Crippen LogP contribution in [0.3, 0.4) is 0 Å². The van der Waals surface area contributed by atoms with Gasteiger partial charge < -0.3 is 5.32 Å². The molecular formula is C6H8N2O2. The minimum atomic E-state index is -0.342. The molecule has 1 saturated carbocycles. The van der Waals surface area contributed by atoms with Crippen molar-refractivity contribution in [1.29, 1.82) is 0 Å². The van der Waals surface area contributed by atoms with Crippen LogP contribution in [0, 0.1) is 5.92 Å². The van der Waals surface area contributed by atoms with Gasteiger partial charge in [0.25, 0.3) is 0 Å². The fourth-order valence-corrected chi connectivity index (χ4v) is 1.40. The predicted molar refractivity (Wildman–Crippen MR) is 33.2 cm³/mol. The van der Waals surface area contributed by atoms with Crippen LogP contribution in [0.15, 0.2) is 0 Å². The maximum atomic E-state index is 10.9. The van der Waals surface area contributed by atoms with E-state index < -0.39 is 0 Å². The third-order valence-corrected chi connectivity index (χ3v) is 2.16. The summed E-state index contributed by atoms with van der Waals surface area (Å²) in [6.07, 6.45) is 1.86. The van der Waals surface area contributed by atoms with Crippen molar-refractivity contribution in [3.05, 3.63) is 0 Å². The summed E-state index contributed by atoms with van der Waals surface area (Å²) >= 11 is 0. The fourth-order valence-electron chi connectivity index (χ4n) is 1.40. The van der Waals surface area contributed by atoms with Gasteiger partial charge in [-0.05, 0) is 12.8 Å². The van der Waals surface area contributed by atoms with Crippen molar-refractivity contribution in [3.63, 3.8) is 0 Å². The van der Waals surface area contributed by atoms with E-state index in [2.05, 4.69) is 10.6 Å². The second-order valence-electron chi connectivity index (χ2n) is 2.75. The summed E-state index contributed by atoms with van der Waals surface area (Å²) in [4.78, 5) is 21.5. The van der Waals surface area contributed by atoms with Crippen LogP contribution in [0.5, 0.6) is 0 Å². The van der Waals surface area contributed by atoms with Gasteiger partial charge in [-0.1, -0.05) is 0 Å². The molecule has 1 heterocycles. The normalized spacial score (nSPS) is 37.2. The Morgan fingerprint density at radius 3 is 2.60 bits per heavy atom. The minimum Gasteiger partial charge on any atom is -0.334 e. The van der Waals surface area contributed by atoms with Crippen LogP contribution in [-0.2, 0) is 4.79 Å². The average molecular weight is 140 g/mol. The van der Waals surface area contributed by atoms with Gasteiger partial charge in [-0.2, -0.15) is 0 Å². The van der Waals surface area contributed by atoms with Gasteiger partial charge >= 0.3 is 6.03 Å². The van der Waals surface area contributed by atoms with Gasteiger partial charge in [0, 0.05) is 6.04 Å². The molecule has 0 aromatic heterocycles. The summed E-state index contributed by atoms with van der Waals surface area (Å²) in [7, 11) is 0. The number of fused-ring (bicyclic) bond motifs is 1. The van der Waals surface area contributed by atoms with Gasteiger partial charge in [-0.15, -0.1) is 0 Å². The molecule has 2 rings (SSSR count). The number of hydrogen-bond acceptors (Lipinski definition) is 2. The third kappa shape index (κ3) is 0.616. The number of nitrogens with one attached hydrogen (secondary N) is 2. The first-order valence-corrected chi connectivity index (χ1v) is 3.39. The molecule has 4 heteroatoms. The van der Waals surface area contributed by atoms with Gasteiger partial charge in [0.1, 0.15) is 0 Å². The number of amides is 3. The van der Waals surface area contributed by atoms with Crippen LogP contribution in [0.25, 0.3) is 0 Å². The van der Waals surface area contributed by atoms with E-state index >= 15 is 0 Å². The van der Waals surface area contributed by atoms with Crippen molar-refractivity contribution in [2.24, 2.45) is 5.92 Å². The molecule has 2 aliphatic rings. The molecular weight excluding hydrogens is 132 g/mol. The summed E-state index contributed by atoms with van der Waals surface area (Å²) in [6.45, 7) is 0. The molecule has 2 fully saturated rings. The van der Waals surface area contributed by atoms with Crippen molar-refractivity contribution in [3.8, 4) is 0 Å². The zero-order chi connectivity index (χ0) is 7.14. The Morgan fingerprint density at radius 1 is 1.30 bits per heavy atom. The number of urea groups is 1. The average Bonchev–Trinajstić information content (AvgIpc) is 1.77. The summed E-state index contributed by atoms with van der Waals surface area (Å²) in [5.74, 6) is -0.0577. The lowest BCUT2D eigenvalue weighted by atomic mass is 9.78. The van der Waals surface area contributed by atoms with E-state index in [1.54, 1.807) is 0 Å². The van der Waals surface area contributed by atoms with Gasteiger partial charge in [0.05, 0.1) is 5.92 Å². The monoisotopic (exact) mass is 140 g/mol. The molecule has 4 nitrogen and oxygen atoms in total. The minimum absolute atomic E-state index is 0.0534. The highest BCUT2D eigenvalue weighted by Gasteiger charge is 2.41. The highest BCUT2D eigenvalue weighted by Crippen LogP contribution is 2.29. The Hall–Kier alpha value is -1.06. The van der Waals surface area contributed by atoms with Crippen molar-refractivity contribution < 1.29 is 9.59 Å². The van der Waals surface area contributed by atoms with E-state index in [-0.39, 0.29) is 23.9 Å². The summed E-state index contributed by atoms with van der Waals surface area (Å²) < 4.78 is 0. The van der Waals surface area contributed by atoms with Crippen molar-refractivity contribution >= 4 is 11.9 Å². The Kier molecular flexibility index (Phi) is 0.977. The summed E-state index contributed by atoms with van der Waals surface area (Å²) in [6, 6.07) is -0.216. The van der Waals surface area contributed by atoms with Crippen LogP contribution in [0.1, 0.15) is 12.8 Å². The van der Waals surface area contributed by atoms with Crippen molar-refractivity contribution in [2.75, 3.05) is 0 Å². The highest BCUT2D eigenvalue weighted by atomic mass is 16.2. The van der Waals surface area contributed by atoms with E-state index in [1.807, 2.05) is 0 Å². The zero-order valence-electron chi connectivity index (χ0n) is 5.39. The fraction of sp³-hybridized carbons (Fsp3) is 0.667. The first-order valence-electron chi connectivity index (χ1n) is 3.39. The molecule has 0 aromatic carbocycles. The third-order valence-electron chi connectivity index (χ3n) is 2.16. The van der Waals surface area contributed by atoms with E-state index in [9.17, 15) is 9.59 Å². The molecule has 0 spiro atoms. The zero-order valence-corrected chi connectivity index (χ0v) is 5.39. The van der Waals surface area contributed by atoms with E-state index in [0.717, 1.165) is 12.8 Å². The standard InChI is InChI=1S/C6H8N2O2/c9-5-3-1-2-4(3)7-6(10)8-5/h3-4H,1-2H2,(H2,7,8,9,10)/t3-,4-/m0/s1. The van der Waals surface area contributed by atoms with E-state index in [0.29, 0.717) is 0 Å². The number of imide groups is 1. The SMILES string of the molecule is O=C1NC(=O)[C@H]2CC[C@@H]2N1. The van der Waals surface area contributed by atoms with Gasteiger partial charge in [-0.3, -0.25) is 10.1 Å².